The lowest BCUT2D eigenvalue weighted by Gasteiger charge is -2.20. The molecule has 0 saturated heterocycles. The van der Waals surface area contributed by atoms with Crippen molar-refractivity contribution in [1.29, 1.82) is 0 Å². The van der Waals surface area contributed by atoms with Gasteiger partial charge in [0.15, 0.2) is 0 Å². The Kier molecular flexibility index (Phi) is 7.79. The van der Waals surface area contributed by atoms with E-state index in [1.54, 1.807) is 18.2 Å². The molecule has 3 aromatic carbocycles. The van der Waals surface area contributed by atoms with Crippen LogP contribution in [0.3, 0.4) is 0 Å². The van der Waals surface area contributed by atoms with Crippen molar-refractivity contribution in [2.75, 3.05) is 0 Å². The number of nitro benzene ring substituents is 2. The summed E-state index contributed by atoms with van der Waals surface area (Å²) in [6.07, 6.45) is 1.29. The number of non-ortho nitro benzene ring substituents is 1. The minimum absolute atomic E-state index is 0.0449. The summed E-state index contributed by atoms with van der Waals surface area (Å²) in [5.74, 6) is 0.240. The molecule has 0 radical (unpaired) electrons. The lowest BCUT2D eigenvalue weighted by atomic mass is 9.95. The Morgan fingerprint density at radius 3 is 2.38 bits per heavy atom. The van der Waals surface area contributed by atoms with Crippen molar-refractivity contribution in [2.45, 2.75) is 32.8 Å². The standard InChI is InChI=1S/C26H21BrClN5O6/c1-26(2,3)25-30-21-9-6-17(27)12-19(21)24(34)31(25)29-13-16-10-20(28)23(22(11-16)33(37)38)39-14-15-4-7-18(8-5-15)32(35)36/h4-13H,14H2,1-3H3. The van der Waals surface area contributed by atoms with E-state index >= 15 is 0 Å². The number of halogens is 2. The molecule has 1 heterocycles. The fourth-order valence-electron chi connectivity index (χ4n) is 3.69. The molecule has 0 amide bonds. The molecule has 0 unspecified atom stereocenters. The number of fused-ring (bicyclic) bond motifs is 1. The van der Waals surface area contributed by atoms with Crippen molar-refractivity contribution in [1.82, 2.24) is 9.66 Å². The summed E-state index contributed by atoms with van der Waals surface area (Å²) in [6, 6.07) is 13.4. The highest BCUT2D eigenvalue weighted by atomic mass is 79.9. The highest BCUT2D eigenvalue weighted by Gasteiger charge is 2.24. The molecule has 0 N–H and O–H groups in total. The molecule has 0 fully saturated rings. The Morgan fingerprint density at radius 1 is 1.08 bits per heavy atom. The van der Waals surface area contributed by atoms with Gasteiger partial charge in [0.2, 0.25) is 5.75 Å². The van der Waals surface area contributed by atoms with Gasteiger partial charge in [0, 0.05) is 33.7 Å². The van der Waals surface area contributed by atoms with E-state index in [2.05, 4.69) is 26.0 Å². The summed E-state index contributed by atoms with van der Waals surface area (Å²) in [5.41, 5.74) is -0.100. The van der Waals surface area contributed by atoms with Crippen LogP contribution in [-0.2, 0) is 12.0 Å². The molecule has 0 bridgehead atoms. The van der Waals surface area contributed by atoms with Gasteiger partial charge in [-0.15, -0.1) is 0 Å². The first-order chi connectivity index (χ1) is 18.3. The zero-order valence-electron chi connectivity index (χ0n) is 20.9. The Balaban J connectivity index is 1.71. The number of hydrogen-bond acceptors (Lipinski definition) is 8. The summed E-state index contributed by atoms with van der Waals surface area (Å²) in [5, 5.41) is 27.3. The maximum Gasteiger partial charge on any atom is 0.313 e. The number of aromatic nitrogens is 2. The minimum Gasteiger partial charge on any atom is -0.481 e. The molecule has 13 heteroatoms. The fraction of sp³-hybridized carbons (Fsp3) is 0.192. The van der Waals surface area contributed by atoms with Crippen LogP contribution in [0.2, 0.25) is 5.02 Å². The SMILES string of the molecule is CC(C)(C)c1nc2ccc(Br)cc2c(=O)n1N=Cc1cc(Cl)c(OCc2ccc([N+](=O)[O-])cc2)c([N+](=O)[O-])c1. The average molecular weight is 615 g/mol. The molecule has 0 atom stereocenters. The highest BCUT2D eigenvalue weighted by molar-refractivity contribution is 9.10. The number of ether oxygens (including phenoxy) is 1. The number of rotatable bonds is 7. The molecular formula is C26H21BrClN5O6. The summed E-state index contributed by atoms with van der Waals surface area (Å²) < 4.78 is 7.50. The summed E-state index contributed by atoms with van der Waals surface area (Å²) in [7, 11) is 0. The Bertz CT molecular complexity index is 1700. The van der Waals surface area contributed by atoms with Crippen LogP contribution in [0.5, 0.6) is 5.75 Å². The van der Waals surface area contributed by atoms with Crippen LogP contribution in [0.1, 0.15) is 37.7 Å². The van der Waals surface area contributed by atoms with E-state index in [-0.39, 0.29) is 28.6 Å². The molecule has 39 heavy (non-hydrogen) atoms. The van der Waals surface area contributed by atoms with E-state index in [4.69, 9.17) is 16.3 Å². The average Bonchev–Trinajstić information content (AvgIpc) is 2.87. The van der Waals surface area contributed by atoms with Crippen LogP contribution >= 0.6 is 27.5 Å². The second-order valence-corrected chi connectivity index (χ2v) is 10.9. The molecule has 0 aliphatic rings. The van der Waals surface area contributed by atoms with Crippen molar-refractivity contribution in [3.8, 4) is 5.75 Å². The zero-order chi connectivity index (χ0) is 28.5. The quantitative estimate of drug-likeness (QED) is 0.133. The van der Waals surface area contributed by atoms with Crippen LogP contribution in [0.25, 0.3) is 10.9 Å². The molecule has 11 nitrogen and oxygen atoms in total. The van der Waals surface area contributed by atoms with Crippen LogP contribution in [0.15, 0.2) is 69.0 Å². The third-order valence-electron chi connectivity index (χ3n) is 5.57. The first-order valence-corrected chi connectivity index (χ1v) is 12.6. The van der Waals surface area contributed by atoms with Crippen LogP contribution in [0, 0.1) is 20.2 Å². The van der Waals surface area contributed by atoms with Gasteiger partial charge >= 0.3 is 5.69 Å². The molecule has 0 aliphatic heterocycles. The lowest BCUT2D eigenvalue weighted by molar-refractivity contribution is -0.386. The van der Waals surface area contributed by atoms with Gasteiger partial charge in [-0.05, 0) is 42.0 Å². The first kappa shape index (κ1) is 27.9. The molecule has 4 aromatic rings. The second kappa shape index (κ2) is 10.9. The van der Waals surface area contributed by atoms with Gasteiger partial charge in [-0.2, -0.15) is 9.78 Å². The second-order valence-electron chi connectivity index (χ2n) is 9.53. The normalized spacial score (nSPS) is 11.7. The van der Waals surface area contributed by atoms with Gasteiger partial charge in [0.05, 0.1) is 32.0 Å². The molecule has 1 aromatic heterocycles. The van der Waals surface area contributed by atoms with E-state index in [9.17, 15) is 25.0 Å². The topological polar surface area (TPSA) is 143 Å². The number of benzene rings is 3. The summed E-state index contributed by atoms with van der Waals surface area (Å²) >= 11 is 9.72. The van der Waals surface area contributed by atoms with Crippen LogP contribution in [0.4, 0.5) is 11.4 Å². The molecule has 0 spiro atoms. The molecule has 0 aliphatic carbocycles. The first-order valence-electron chi connectivity index (χ1n) is 11.5. The summed E-state index contributed by atoms with van der Waals surface area (Å²) in [4.78, 5) is 39.5. The van der Waals surface area contributed by atoms with Crippen molar-refractivity contribution in [3.05, 3.63) is 112 Å². The third kappa shape index (κ3) is 6.13. The van der Waals surface area contributed by atoms with Gasteiger partial charge in [0.1, 0.15) is 12.4 Å². The fourth-order valence-corrected chi connectivity index (χ4v) is 4.33. The number of nitrogens with zero attached hydrogens (tertiary/aromatic N) is 5. The van der Waals surface area contributed by atoms with Gasteiger partial charge in [-0.1, -0.05) is 48.3 Å². The van der Waals surface area contributed by atoms with E-state index < -0.39 is 26.5 Å². The predicted molar refractivity (Wildman–Crippen MR) is 151 cm³/mol. The third-order valence-corrected chi connectivity index (χ3v) is 6.35. The lowest BCUT2D eigenvalue weighted by Crippen LogP contribution is -2.29. The monoisotopic (exact) mass is 613 g/mol. The van der Waals surface area contributed by atoms with Gasteiger partial charge in [-0.25, -0.2) is 4.98 Å². The van der Waals surface area contributed by atoms with Gasteiger partial charge in [0.25, 0.3) is 11.2 Å². The Morgan fingerprint density at radius 2 is 1.77 bits per heavy atom. The van der Waals surface area contributed by atoms with E-state index in [1.807, 2.05) is 20.8 Å². The van der Waals surface area contributed by atoms with Crippen molar-refractivity contribution in [3.63, 3.8) is 0 Å². The van der Waals surface area contributed by atoms with Crippen LogP contribution < -0.4 is 10.3 Å². The molecule has 4 rings (SSSR count). The van der Waals surface area contributed by atoms with E-state index in [1.165, 1.54) is 47.3 Å². The zero-order valence-corrected chi connectivity index (χ0v) is 23.3. The maximum absolute atomic E-state index is 13.3. The Labute approximate surface area is 235 Å². The Hall–Kier alpha value is -4.16. The summed E-state index contributed by atoms with van der Waals surface area (Å²) in [6.45, 7) is 5.58. The number of nitro groups is 2. The maximum atomic E-state index is 13.3. The number of hydrogen-bond donors (Lipinski definition) is 0. The smallest absolute Gasteiger partial charge is 0.313 e. The van der Waals surface area contributed by atoms with Gasteiger partial charge < -0.3 is 4.74 Å². The highest BCUT2D eigenvalue weighted by Crippen LogP contribution is 2.36. The van der Waals surface area contributed by atoms with Gasteiger partial charge in [-0.3, -0.25) is 25.0 Å². The minimum atomic E-state index is -0.643. The van der Waals surface area contributed by atoms with Crippen molar-refractivity contribution in [2.24, 2.45) is 5.10 Å². The van der Waals surface area contributed by atoms with Crippen molar-refractivity contribution < 1.29 is 14.6 Å². The molecular weight excluding hydrogens is 594 g/mol. The van der Waals surface area contributed by atoms with Crippen LogP contribution in [-0.4, -0.2) is 25.7 Å². The van der Waals surface area contributed by atoms with E-state index in [0.717, 1.165) is 0 Å². The molecule has 200 valence electrons. The van der Waals surface area contributed by atoms with Crippen molar-refractivity contribution >= 4 is 56.0 Å². The molecule has 0 saturated carbocycles. The predicted octanol–water partition coefficient (Wildman–Crippen LogP) is 6.39. The van der Waals surface area contributed by atoms with E-state index in [0.29, 0.717) is 26.8 Å². The largest absolute Gasteiger partial charge is 0.481 e.